The minimum absolute atomic E-state index is 0.0392. The van der Waals surface area contributed by atoms with Crippen LogP contribution in [0.1, 0.15) is 39.2 Å². The number of likely N-dealkylation sites (tertiary alicyclic amines) is 1. The van der Waals surface area contributed by atoms with Gasteiger partial charge in [-0.25, -0.2) is 4.98 Å². The van der Waals surface area contributed by atoms with E-state index in [2.05, 4.69) is 22.1 Å². The Hall–Kier alpha value is -1.83. The van der Waals surface area contributed by atoms with Crippen LogP contribution in [0, 0.1) is 5.41 Å². The van der Waals surface area contributed by atoms with Crippen molar-refractivity contribution in [2.24, 2.45) is 5.41 Å². The van der Waals surface area contributed by atoms with Crippen LogP contribution in [-0.4, -0.2) is 48.1 Å². The molecule has 0 spiro atoms. The largest absolute Gasteiger partial charge is 0.476 e. The van der Waals surface area contributed by atoms with Gasteiger partial charge in [0.1, 0.15) is 12.2 Å². The number of hydrogen-bond acceptors (Lipinski definition) is 4. The SMILES string of the molecule is CC[C@H]1[C@H](NC(=O)C(C)(C)COc2ncccc2C(F)(F)F)CCN1C. The summed E-state index contributed by atoms with van der Waals surface area (Å²) in [4.78, 5) is 18.5. The Morgan fingerprint density at radius 1 is 1.42 bits per heavy atom. The zero-order valence-electron chi connectivity index (χ0n) is 15.6. The molecule has 146 valence electrons. The van der Waals surface area contributed by atoms with Crippen molar-refractivity contribution in [3.05, 3.63) is 23.9 Å². The van der Waals surface area contributed by atoms with Crippen LogP contribution >= 0.6 is 0 Å². The van der Waals surface area contributed by atoms with Crippen LogP contribution in [0.4, 0.5) is 13.2 Å². The number of hydrogen-bond donors (Lipinski definition) is 1. The summed E-state index contributed by atoms with van der Waals surface area (Å²) in [5.74, 6) is -0.742. The molecule has 1 aromatic rings. The smallest absolute Gasteiger partial charge is 0.421 e. The molecule has 1 saturated heterocycles. The second-order valence-corrected chi connectivity index (χ2v) is 7.35. The third-order valence-corrected chi connectivity index (χ3v) is 4.82. The second-order valence-electron chi connectivity index (χ2n) is 7.35. The van der Waals surface area contributed by atoms with Gasteiger partial charge < -0.3 is 15.0 Å². The lowest BCUT2D eigenvalue weighted by Gasteiger charge is -2.29. The van der Waals surface area contributed by atoms with Gasteiger partial charge in [0.05, 0.1) is 5.41 Å². The molecule has 0 saturated carbocycles. The van der Waals surface area contributed by atoms with Gasteiger partial charge in [0.2, 0.25) is 11.8 Å². The lowest BCUT2D eigenvalue weighted by Crippen LogP contribution is -2.49. The lowest BCUT2D eigenvalue weighted by molar-refractivity contribution is -0.139. The van der Waals surface area contributed by atoms with Crippen LogP contribution < -0.4 is 10.1 Å². The highest BCUT2D eigenvalue weighted by Crippen LogP contribution is 2.35. The molecular formula is C18H26F3N3O2. The normalized spacial score (nSPS) is 21.7. The number of halogens is 3. The molecule has 2 atom stereocenters. The number of carbonyl (C=O) groups excluding carboxylic acids is 1. The zero-order valence-corrected chi connectivity index (χ0v) is 15.6. The number of carbonyl (C=O) groups is 1. The Bertz CT molecular complexity index is 634. The van der Waals surface area contributed by atoms with Crippen LogP contribution in [0.15, 0.2) is 18.3 Å². The van der Waals surface area contributed by atoms with Crippen molar-refractivity contribution < 1.29 is 22.7 Å². The van der Waals surface area contributed by atoms with E-state index in [1.165, 1.54) is 12.3 Å². The fraction of sp³-hybridized carbons (Fsp3) is 0.667. The fourth-order valence-electron chi connectivity index (χ4n) is 3.17. The van der Waals surface area contributed by atoms with Gasteiger partial charge in [-0.1, -0.05) is 6.92 Å². The average Bonchev–Trinajstić information content (AvgIpc) is 2.92. The highest BCUT2D eigenvalue weighted by molar-refractivity contribution is 5.82. The van der Waals surface area contributed by atoms with Gasteiger partial charge in [0.25, 0.3) is 0 Å². The van der Waals surface area contributed by atoms with Crippen molar-refractivity contribution in [2.45, 2.75) is 51.9 Å². The molecule has 5 nitrogen and oxygen atoms in total. The topological polar surface area (TPSA) is 54.5 Å². The predicted octanol–water partition coefficient (Wildman–Crippen LogP) is 3.10. The maximum absolute atomic E-state index is 13.0. The minimum Gasteiger partial charge on any atom is -0.476 e. The molecule has 1 N–H and O–H groups in total. The van der Waals surface area contributed by atoms with E-state index in [0.29, 0.717) is 0 Å². The predicted molar refractivity (Wildman–Crippen MR) is 91.8 cm³/mol. The molecule has 1 aliphatic heterocycles. The summed E-state index contributed by atoms with van der Waals surface area (Å²) >= 11 is 0. The number of alkyl halides is 3. The number of likely N-dealkylation sites (N-methyl/N-ethyl adjacent to an activating group) is 1. The van der Waals surface area contributed by atoms with E-state index in [-0.39, 0.29) is 24.6 Å². The molecule has 0 radical (unpaired) electrons. The van der Waals surface area contributed by atoms with E-state index in [1.54, 1.807) is 13.8 Å². The molecule has 1 aromatic heterocycles. The fourth-order valence-corrected chi connectivity index (χ4v) is 3.17. The third-order valence-electron chi connectivity index (χ3n) is 4.82. The molecule has 1 amide bonds. The van der Waals surface area contributed by atoms with Gasteiger partial charge in [0, 0.05) is 24.8 Å². The van der Waals surface area contributed by atoms with Crippen molar-refractivity contribution in [1.29, 1.82) is 0 Å². The minimum atomic E-state index is -4.56. The number of nitrogens with zero attached hydrogens (tertiary/aromatic N) is 2. The summed E-state index contributed by atoms with van der Waals surface area (Å²) in [6, 6.07) is 2.42. The van der Waals surface area contributed by atoms with Crippen molar-refractivity contribution >= 4 is 5.91 Å². The van der Waals surface area contributed by atoms with Gasteiger partial charge in [0.15, 0.2) is 0 Å². The highest BCUT2D eigenvalue weighted by Gasteiger charge is 2.38. The first-order valence-corrected chi connectivity index (χ1v) is 8.72. The first-order valence-electron chi connectivity index (χ1n) is 8.72. The number of ether oxygens (including phenoxy) is 1. The Kier molecular flexibility index (Phi) is 6.16. The van der Waals surface area contributed by atoms with Crippen LogP contribution in [0.2, 0.25) is 0 Å². The molecule has 2 rings (SSSR count). The van der Waals surface area contributed by atoms with Crippen LogP contribution in [0.3, 0.4) is 0 Å². The average molecular weight is 373 g/mol. The Labute approximate surface area is 151 Å². The summed E-state index contributed by atoms with van der Waals surface area (Å²) in [5.41, 5.74) is -1.93. The summed E-state index contributed by atoms with van der Waals surface area (Å²) in [6.45, 7) is 6.08. The molecule has 1 aliphatic rings. The van der Waals surface area contributed by atoms with Crippen LogP contribution in [-0.2, 0) is 11.0 Å². The summed E-state index contributed by atoms with van der Waals surface area (Å²) in [5, 5.41) is 3.03. The van der Waals surface area contributed by atoms with E-state index in [1.807, 2.05) is 7.05 Å². The van der Waals surface area contributed by atoms with E-state index in [0.717, 1.165) is 25.5 Å². The molecule has 26 heavy (non-hydrogen) atoms. The van der Waals surface area contributed by atoms with Crippen LogP contribution in [0.5, 0.6) is 5.88 Å². The van der Waals surface area contributed by atoms with E-state index >= 15 is 0 Å². The maximum Gasteiger partial charge on any atom is 0.421 e. The number of amides is 1. The van der Waals surface area contributed by atoms with Gasteiger partial charge in [-0.15, -0.1) is 0 Å². The van der Waals surface area contributed by atoms with Crippen molar-refractivity contribution in [3.63, 3.8) is 0 Å². The Morgan fingerprint density at radius 3 is 2.73 bits per heavy atom. The summed E-state index contributed by atoms with van der Waals surface area (Å²) in [6.07, 6.45) is -1.55. The van der Waals surface area contributed by atoms with Crippen molar-refractivity contribution in [1.82, 2.24) is 15.2 Å². The molecule has 0 aliphatic carbocycles. The van der Waals surface area contributed by atoms with E-state index < -0.39 is 23.0 Å². The van der Waals surface area contributed by atoms with Crippen molar-refractivity contribution in [2.75, 3.05) is 20.2 Å². The first-order chi connectivity index (χ1) is 12.1. The standard InChI is InChI=1S/C18H26F3N3O2/c1-5-14-13(8-10-24(14)4)23-16(25)17(2,3)11-26-15-12(18(19,20)21)7-6-9-22-15/h6-7,9,13-14H,5,8,10-11H2,1-4H3,(H,23,25)/t13-,14+/m1/s1. The second kappa shape index (κ2) is 7.82. The zero-order chi connectivity index (χ0) is 19.5. The molecule has 1 fully saturated rings. The summed E-state index contributed by atoms with van der Waals surface area (Å²) in [7, 11) is 2.02. The number of pyridine rings is 1. The third kappa shape index (κ3) is 4.66. The molecule has 0 unspecified atom stereocenters. The van der Waals surface area contributed by atoms with Crippen molar-refractivity contribution in [3.8, 4) is 5.88 Å². The molecular weight excluding hydrogens is 347 g/mol. The Balaban J connectivity index is 2.02. The molecule has 0 aromatic carbocycles. The van der Waals surface area contributed by atoms with Gasteiger partial charge in [-0.2, -0.15) is 13.2 Å². The van der Waals surface area contributed by atoms with Gasteiger partial charge >= 0.3 is 6.18 Å². The number of aromatic nitrogens is 1. The number of nitrogens with one attached hydrogen (secondary N) is 1. The molecule has 0 bridgehead atoms. The molecule has 8 heteroatoms. The van der Waals surface area contributed by atoms with Crippen LogP contribution in [0.25, 0.3) is 0 Å². The summed E-state index contributed by atoms with van der Waals surface area (Å²) < 4.78 is 44.3. The highest BCUT2D eigenvalue weighted by atomic mass is 19.4. The first kappa shape index (κ1) is 20.5. The van der Waals surface area contributed by atoms with Gasteiger partial charge in [-0.05, 0) is 45.9 Å². The van der Waals surface area contributed by atoms with E-state index in [9.17, 15) is 18.0 Å². The maximum atomic E-state index is 13.0. The molecule has 2 heterocycles. The lowest BCUT2D eigenvalue weighted by atomic mass is 9.92. The quantitative estimate of drug-likeness (QED) is 0.833. The van der Waals surface area contributed by atoms with E-state index in [4.69, 9.17) is 4.74 Å². The van der Waals surface area contributed by atoms with Gasteiger partial charge in [-0.3, -0.25) is 4.79 Å². The number of rotatable bonds is 6. The monoisotopic (exact) mass is 373 g/mol. The Morgan fingerprint density at radius 2 is 2.12 bits per heavy atom.